The van der Waals surface area contributed by atoms with Gasteiger partial charge in [0, 0.05) is 5.02 Å². The number of carbonyl (C=O) groups is 2. The van der Waals surface area contributed by atoms with Gasteiger partial charge >= 0.3 is 12.1 Å². The van der Waals surface area contributed by atoms with Gasteiger partial charge in [-0.2, -0.15) is 0 Å². The van der Waals surface area contributed by atoms with Gasteiger partial charge in [0.05, 0.1) is 0 Å². The molecule has 8 heteroatoms. The lowest BCUT2D eigenvalue weighted by Gasteiger charge is -2.41. The summed E-state index contributed by atoms with van der Waals surface area (Å²) in [5, 5.41) is 12.7. The van der Waals surface area contributed by atoms with E-state index in [2.05, 4.69) is 26.1 Å². The van der Waals surface area contributed by atoms with Gasteiger partial charge in [-0.25, -0.2) is 9.59 Å². The van der Waals surface area contributed by atoms with E-state index in [1.807, 2.05) is 13.1 Å². The summed E-state index contributed by atoms with van der Waals surface area (Å²) in [6.07, 6.45) is -1.69. The van der Waals surface area contributed by atoms with Crippen molar-refractivity contribution < 1.29 is 23.9 Å². The third kappa shape index (κ3) is 7.11. The highest BCUT2D eigenvalue weighted by atomic mass is 35.5. The number of benzene rings is 1. The van der Waals surface area contributed by atoms with Gasteiger partial charge in [0.25, 0.3) is 0 Å². The predicted octanol–water partition coefficient (Wildman–Crippen LogP) is 5.38. The summed E-state index contributed by atoms with van der Waals surface area (Å²) < 4.78 is 11.7. The minimum atomic E-state index is -2.36. The molecule has 1 aromatic rings. The Morgan fingerprint density at radius 1 is 1.07 bits per heavy atom. The Hall–Kier alpha value is -1.57. The molecule has 6 nitrogen and oxygen atoms in total. The van der Waals surface area contributed by atoms with Crippen molar-refractivity contribution >= 4 is 32.0 Å². The number of carboxylic acids is 1. The summed E-state index contributed by atoms with van der Waals surface area (Å²) in [6, 6.07) is 5.46. The molecule has 0 spiro atoms. The molecule has 1 aromatic carbocycles. The maximum Gasteiger partial charge on any atom is 0.408 e. The number of hydrogen-bond donors (Lipinski definition) is 2. The van der Waals surface area contributed by atoms with Crippen LogP contribution in [0.2, 0.25) is 23.2 Å². The second-order valence-electron chi connectivity index (χ2n) is 9.31. The molecule has 0 aliphatic carbocycles. The Morgan fingerprint density at radius 2 is 1.57 bits per heavy atom. The fourth-order valence-corrected chi connectivity index (χ4v) is 3.56. The number of halogens is 1. The van der Waals surface area contributed by atoms with Crippen molar-refractivity contribution in [3.63, 3.8) is 0 Å². The quantitative estimate of drug-likeness (QED) is 0.593. The van der Waals surface area contributed by atoms with E-state index in [0.29, 0.717) is 10.6 Å². The van der Waals surface area contributed by atoms with Crippen LogP contribution in [0.25, 0.3) is 0 Å². The van der Waals surface area contributed by atoms with Crippen LogP contribution in [0.4, 0.5) is 4.79 Å². The van der Waals surface area contributed by atoms with Gasteiger partial charge in [0.2, 0.25) is 0 Å². The number of carboxylic acid groups (broad SMARTS) is 1. The number of nitrogens with one attached hydrogen (secondary N) is 1. The van der Waals surface area contributed by atoms with Crippen LogP contribution >= 0.6 is 11.6 Å². The molecular weight excluding hydrogens is 398 g/mol. The Kier molecular flexibility index (Phi) is 7.72. The van der Waals surface area contributed by atoms with Gasteiger partial charge in [-0.1, -0.05) is 44.5 Å². The van der Waals surface area contributed by atoms with E-state index >= 15 is 0 Å². The smallest absolute Gasteiger partial charge is 0.408 e. The molecule has 2 atom stereocenters. The first-order chi connectivity index (χ1) is 12.5. The molecule has 0 aromatic heterocycles. The molecule has 0 fully saturated rings. The summed E-state index contributed by atoms with van der Waals surface area (Å²) in [5.41, 5.74) is -0.124. The maximum absolute atomic E-state index is 12.3. The summed E-state index contributed by atoms with van der Waals surface area (Å²) in [7, 11) is -2.36. The molecule has 0 saturated heterocycles. The third-order valence-electron chi connectivity index (χ3n) is 4.67. The summed E-state index contributed by atoms with van der Waals surface area (Å²) >= 11 is 5.98. The molecule has 0 aliphatic heterocycles. The van der Waals surface area contributed by atoms with Gasteiger partial charge in [-0.3, -0.25) is 0 Å². The van der Waals surface area contributed by atoms with Crippen LogP contribution in [-0.2, 0) is 14.0 Å². The molecule has 158 valence electrons. The summed E-state index contributed by atoms with van der Waals surface area (Å²) in [6.45, 7) is 15.4. The van der Waals surface area contributed by atoms with Crippen molar-refractivity contribution in [3.05, 3.63) is 34.9 Å². The summed E-state index contributed by atoms with van der Waals surface area (Å²) in [5.74, 6) is -1.20. The van der Waals surface area contributed by atoms with Crippen LogP contribution in [0, 0.1) is 0 Å². The molecule has 0 heterocycles. The van der Waals surface area contributed by atoms with Crippen LogP contribution in [0.15, 0.2) is 24.3 Å². The molecular formula is C20H32ClNO5Si. The van der Waals surface area contributed by atoms with Gasteiger partial charge in [0.15, 0.2) is 14.4 Å². The average Bonchev–Trinajstić information content (AvgIpc) is 2.48. The molecule has 0 aliphatic rings. The first-order valence-corrected chi connectivity index (χ1v) is 12.5. The molecule has 0 radical (unpaired) electrons. The molecule has 2 N–H and O–H groups in total. The van der Waals surface area contributed by atoms with Crippen molar-refractivity contribution in [2.45, 2.75) is 77.4 Å². The lowest BCUT2D eigenvalue weighted by atomic mass is 10.0. The molecule has 28 heavy (non-hydrogen) atoms. The molecule has 1 amide bonds. The molecule has 0 saturated carbocycles. The normalized spacial score (nSPS) is 14.9. The van der Waals surface area contributed by atoms with E-state index < -0.39 is 38.1 Å². The van der Waals surface area contributed by atoms with E-state index in [1.54, 1.807) is 45.0 Å². The van der Waals surface area contributed by atoms with Gasteiger partial charge in [-0.15, -0.1) is 0 Å². The van der Waals surface area contributed by atoms with Crippen molar-refractivity contribution in [2.24, 2.45) is 0 Å². The lowest BCUT2D eigenvalue weighted by Crippen LogP contribution is -2.51. The minimum absolute atomic E-state index is 0.146. The monoisotopic (exact) mass is 429 g/mol. The minimum Gasteiger partial charge on any atom is -0.480 e. The van der Waals surface area contributed by atoms with Crippen LogP contribution in [0.5, 0.6) is 0 Å². The SMILES string of the molecule is CC(C)(C)OC(=O)N[C@H](C(=O)O)[C@H](O[Si](C)(C)C(C)(C)C)c1ccc(Cl)cc1. The van der Waals surface area contributed by atoms with E-state index in [4.69, 9.17) is 20.8 Å². The highest BCUT2D eigenvalue weighted by Crippen LogP contribution is 2.40. The first-order valence-electron chi connectivity index (χ1n) is 9.19. The highest BCUT2D eigenvalue weighted by molar-refractivity contribution is 6.74. The van der Waals surface area contributed by atoms with Crippen LogP contribution < -0.4 is 5.32 Å². The fraction of sp³-hybridized carbons (Fsp3) is 0.600. The largest absolute Gasteiger partial charge is 0.480 e. The topological polar surface area (TPSA) is 84.9 Å². The summed E-state index contributed by atoms with van der Waals surface area (Å²) in [4.78, 5) is 24.3. The fourth-order valence-electron chi connectivity index (χ4n) is 2.18. The van der Waals surface area contributed by atoms with Crippen LogP contribution in [0.1, 0.15) is 53.2 Å². The zero-order valence-electron chi connectivity index (χ0n) is 17.9. The number of rotatable bonds is 6. The Bertz CT molecular complexity index is 692. The number of amides is 1. The maximum atomic E-state index is 12.3. The number of carbonyl (C=O) groups excluding carboxylic acids is 1. The Balaban J connectivity index is 3.30. The molecule has 1 rings (SSSR count). The van der Waals surface area contributed by atoms with Gasteiger partial charge < -0.3 is 19.6 Å². The van der Waals surface area contributed by atoms with Crippen LogP contribution in [0.3, 0.4) is 0 Å². The van der Waals surface area contributed by atoms with Gasteiger partial charge in [0.1, 0.15) is 11.7 Å². The average molecular weight is 430 g/mol. The van der Waals surface area contributed by atoms with Gasteiger partial charge in [-0.05, 0) is 56.6 Å². The van der Waals surface area contributed by atoms with Crippen molar-refractivity contribution in [1.82, 2.24) is 5.32 Å². The van der Waals surface area contributed by atoms with E-state index in [-0.39, 0.29) is 5.04 Å². The van der Waals surface area contributed by atoms with Crippen molar-refractivity contribution in [2.75, 3.05) is 0 Å². The van der Waals surface area contributed by atoms with E-state index in [9.17, 15) is 14.7 Å². The standard InChI is InChI=1S/C20H32ClNO5Si/c1-19(2,3)26-18(25)22-15(17(23)24)16(13-9-11-14(21)12-10-13)27-28(7,8)20(4,5)6/h9-12,15-16H,1-8H3,(H,22,25)(H,23,24)/t15-,16+/m0/s1. The Morgan fingerprint density at radius 3 is 1.96 bits per heavy atom. The van der Waals surface area contributed by atoms with Crippen molar-refractivity contribution in [1.29, 1.82) is 0 Å². The second kappa shape index (κ2) is 8.84. The zero-order chi connectivity index (χ0) is 21.9. The number of aliphatic carboxylic acids is 1. The predicted molar refractivity (Wildman–Crippen MR) is 113 cm³/mol. The third-order valence-corrected chi connectivity index (χ3v) is 9.37. The number of hydrogen-bond acceptors (Lipinski definition) is 4. The second-order valence-corrected chi connectivity index (χ2v) is 14.5. The van der Waals surface area contributed by atoms with E-state index in [1.165, 1.54) is 0 Å². The lowest BCUT2D eigenvalue weighted by molar-refractivity contribution is -0.142. The van der Waals surface area contributed by atoms with E-state index in [0.717, 1.165) is 0 Å². The zero-order valence-corrected chi connectivity index (χ0v) is 19.7. The number of alkyl carbamates (subject to hydrolysis) is 1. The highest BCUT2D eigenvalue weighted by Gasteiger charge is 2.43. The number of ether oxygens (including phenoxy) is 1. The molecule has 0 unspecified atom stereocenters. The Labute approximate surface area is 173 Å². The van der Waals surface area contributed by atoms with Crippen molar-refractivity contribution in [3.8, 4) is 0 Å². The first kappa shape index (κ1) is 24.5. The van der Waals surface area contributed by atoms with Crippen LogP contribution in [-0.4, -0.2) is 37.1 Å². The molecule has 0 bridgehead atoms.